The lowest BCUT2D eigenvalue weighted by atomic mass is 10.1. The summed E-state index contributed by atoms with van der Waals surface area (Å²) in [5, 5.41) is 6.79. The largest absolute Gasteiger partial charge is 0.486 e. The van der Waals surface area contributed by atoms with Gasteiger partial charge in [0.05, 0.1) is 11.9 Å². The van der Waals surface area contributed by atoms with Crippen molar-refractivity contribution in [3.63, 3.8) is 0 Å². The van der Waals surface area contributed by atoms with Gasteiger partial charge in [-0.05, 0) is 43.2 Å². The quantitative estimate of drug-likeness (QED) is 0.646. The van der Waals surface area contributed by atoms with Crippen LogP contribution in [0.25, 0.3) is 11.3 Å². The van der Waals surface area contributed by atoms with Crippen LogP contribution in [0.5, 0.6) is 11.5 Å². The van der Waals surface area contributed by atoms with Crippen LogP contribution in [0.15, 0.2) is 51.9 Å². The molecule has 1 aliphatic rings. The first-order chi connectivity index (χ1) is 13.2. The molecular weight excluding hydrogens is 358 g/mol. The standard InChI is InChI=1S/C21H21N3O2S/c1-14-4-5-17(15(2)10-14)12-23-24-18(13-27-21(24)22-3)16-6-7-19-20(11-16)26-9-8-25-19/h4-7,10-13H,8-9H2,1-3H3/b22-21?,23-12-. The lowest BCUT2D eigenvalue weighted by Crippen LogP contribution is -2.15. The third-order valence-corrected chi connectivity index (χ3v) is 5.36. The molecule has 5 nitrogen and oxygen atoms in total. The summed E-state index contributed by atoms with van der Waals surface area (Å²) in [5.41, 5.74) is 5.52. The normalized spacial score (nSPS) is 14.1. The number of nitrogens with zero attached hydrogens (tertiary/aromatic N) is 3. The number of rotatable bonds is 3. The van der Waals surface area contributed by atoms with E-state index in [9.17, 15) is 0 Å². The van der Waals surface area contributed by atoms with Crippen LogP contribution in [0.3, 0.4) is 0 Å². The SMILES string of the molecule is CN=c1scc(-c2ccc3c(c2)OCCO3)n1/N=C\c1ccc(C)cc1C. The van der Waals surface area contributed by atoms with E-state index in [0.717, 1.165) is 33.1 Å². The Labute approximate surface area is 162 Å². The maximum absolute atomic E-state index is 5.72. The Morgan fingerprint density at radius 2 is 1.85 bits per heavy atom. The van der Waals surface area contributed by atoms with E-state index >= 15 is 0 Å². The molecule has 3 aromatic rings. The Kier molecular flexibility index (Phi) is 4.81. The number of aromatic nitrogens is 1. The van der Waals surface area contributed by atoms with Crippen LogP contribution < -0.4 is 14.3 Å². The van der Waals surface area contributed by atoms with Crippen molar-refractivity contribution in [3.8, 4) is 22.8 Å². The molecule has 27 heavy (non-hydrogen) atoms. The smallest absolute Gasteiger partial charge is 0.205 e. The van der Waals surface area contributed by atoms with Crippen molar-refractivity contribution in [2.75, 3.05) is 20.3 Å². The summed E-state index contributed by atoms with van der Waals surface area (Å²) in [5.74, 6) is 1.55. The molecule has 0 unspecified atom stereocenters. The maximum Gasteiger partial charge on any atom is 0.205 e. The van der Waals surface area contributed by atoms with Gasteiger partial charge in [-0.15, -0.1) is 11.3 Å². The van der Waals surface area contributed by atoms with Crippen molar-refractivity contribution in [2.24, 2.45) is 10.1 Å². The molecule has 0 fully saturated rings. The number of fused-ring (bicyclic) bond motifs is 1. The number of hydrogen-bond acceptors (Lipinski definition) is 5. The highest BCUT2D eigenvalue weighted by Crippen LogP contribution is 2.34. The summed E-state index contributed by atoms with van der Waals surface area (Å²) >= 11 is 1.56. The molecule has 0 saturated carbocycles. The second-order valence-electron chi connectivity index (χ2n) is 6.40. The van der Waals surface area contributed by atoms with Crippen LogP contribution in [0.2, 0.25) is 0 Å². The summed E-state index contributed by atoms with van der Waals surface area (Å²) in [7, 11) is 1.78. The van der Waals surface area contributed by atoms with E-state index < -0.39 is 0 Å². The van der Waals surface area contributed by atoms with Gasteiger partial charge in [0.1, 0.15) is 13.2 Å². The molecule has 0 aliphatic carbocycles. The van der Waals surface area contributed by atoms with E-state index in [-0.39, 0.29) is 0 Å². The van der Waals surface area contributed by atoms with Gasteiger partial charge in [-0.2, -0.15) is 5.10 Å². The predicted molar refractivity (Wildman–Crippen MR) is 109 cm³/mol. The molecule has 2 aromatic carbocycles. The van der Waals surface area contributed by atoms with Gasteiger partial charge in [-0.3, -0.25) is 4.99 Å². The summed E-state index contributed by atoms with van der Waals surface area (Å²) in [4.78, 5) is 5.20. The van der Waals surface area contributed by atoms with E-state index in [0.29, 0.717) is 13.2 Å². The minimum atomic E-state index is 0.570. The second kappa shape index (κ2) is 7.40. The number of aryl methyl sites for hydroxylation is 2. The van der Waals surface area contributed by atoms with Gasteiger partial charge in [-0.25, -0.2) is 4.68 Å². The third-order valence-electron chi connectivity index (χ3n) is 4.45. The van der Waals surface area contributed by atoms with E-state index in [1.807, 2.05) is 29.1 Å². The molecule has 0 amide bonds. The van der Waals surface area contributed by atoms with Crippen molar-refractivity contribution in [3.05, 3.63) is 63.3 Å². The zero-order valence-corrected chi connectivity index (χ0v) is 16.4. The number of hydrogen-bond donors (Lipinski definition) is 0. The van der Waals surface area contributed by atoms with Crippen LogP contribution in [0.1, 0.15) is 16.7 Å². The first-order valence-corrected chi connectivity index (χ1v) is 9.68. The van der Waals surface area contributed by atoms with Gasteiger partial charge < -0.3 is 9.47 Å². The minimum Gasteiger partial charge on any atom is -0.486 e. The number of ether oxygens (including phenoxy) is 2. The highest BCUT2D eigenvalue weighted by molar-refractivity contribution is 7.07. The molecule has 0 saturated heterocycles. The van der Waals surface area contributed by atoms with Crippen LogP contribution in [-0.2, 0) is 0 Å². The lowest BCUT2D eigenvalue weighted by Gasteiger charge is -2.18. The zero-order valence-electron chi connectivity index (χ0n) is 15.6. The molecule has 138 valence electrons. The van der Waals surface area contributed by atoms with Crippen LogP contribution >= 0.6 is 11.3 Å². The molecule has 0 atom stereocenters. The van der Waals surface area contributed by atoms with E-state index in [2.05, 4.69) is 42.4 Å². The highest BCUT2D eigenvalue weighted by atomic mass is 32.1. The Balaban J connectivity index is 1.76. The lowest BCUT2D eigenvalue weighted by molar-refractivity contribution is 0.171. The van der Waals surface area contributed by atoms with Crippen molar-refractivity contribution < 1.29 is 9.47 Å². The minimum absolute atomic E-state index is 0.570. The molecule has 0 N–H and O–H groups in total. The van der Waals surface area contributed by atoms with Gasteiger partial charge in [0, 0.05) is 18.0 Å². The summed E-state index contributed by atoms with van der Waals surface area (Å²) in [6.45, 7) is 5.35. The summed E-state index contributed by atoms with van der Waals surface area (Å²) in [6.07, 6.45) is 1.89. The maximum atomic E-state index is 5.72. The monoisotopic (exact) mass is 379 g/mol. The number of thiazole rings is 1. The fourth-order valence-electron chi connectivity index (χ4n) is 3.05. The molecule has 0 spiro atoms. The fraction of sp³-hybridized carbons (Fsp3) is 0.238. The zero-order chi connectivity index (χ0) is 18.8. The first kappa shape index (κ1) is 17.5. The molecule has 2 heterocycles. The Morgan fingerprint density at radius 1 is 1.04 bits per heavy atom. The Bertz CT molecular complexity index is 1080. The topological polar surface area (TPSA) is 48.1 Å². The molecular formula is C21H21N3O2S. The molecule has 6 heteroatoms. The van der Waals surface area contributed by atoms with Crippen LogP contribution in [0.4, 0.5) is 0 Å². The van der Waals surface area contributed by atoms with E-state index in [1.54, 1.807) is 18.4 Å². The Hall–Kier alpha value is -2.86. The van der Waals surface area contributed by atoms with Crippen molar-refractivity contribution in [1.82, 2.24) is 4.68 Å². The molecule has 0 bridgehead atoms. The van der Waals surface area contributed by atoms with Gasteiger partial charge >= 0.3 is 0 Å². The second-order valence-corrected chi connectivity index (χ2v) is 7.24. The average Bonchev–Trinajstić information content (AvgIpc) is 3.10. The third kappa shape index (κ3) is 3.53. The summed E-state index contributed by atoms with van der Waals surface area (Å²) < 4.78 is 13.2. The van der Waals surface area contributed by atoms with Crippen LogP contribution in [0, 0.1) is 13.8 Å². The first-order valence-electron chi connectivity index (χ1n) is 8.81. The van der Waals surface area contributed by atoms with Crippen molar-refractivity contribution in [2.45, 2.75) is 13.8 Å². The van der Waals surface area contributed by atoms with Gasteiger partial charge in [-0.1, -0.05) is 23.8 Å². The van der Waals surface area contributed by atoms with Gasteiger partial charge in [0.15, 0.2) is 11.5 Å². The van der Waals surface area contributed by atoms with E-state index in [1.165, 1.54) is 11.1 Å². The molecule has 1 aliphatic heterocycles. The molecule has 0 radical (unpaired) electrons. The highest BCUT2D eigenvalue weighted by Gasteiger charge is 2.15. The van der Waals surface area contributed by atoms with Gasteiger partial charge in [0.2, 0.25) is 4.80 Å². The predicted octanol–water partition coefficient (Wildman–Crippen LogP) is 4.02. The Morgan fingerprint density at radius 3 is 2.63 bits per heavy atom. The van der Waals surface area contributed by atoms with Crippen molar-refractivity contribution >= 4 is 17.6 Å². The van der Waals surface area contributed by atoms with E-state index in [4.69, 9.17) is 14.6 Å². The summed E-state index contributed by atoms with van der Waals surface area (Å²) in [6, 6.07) is 12.3. The van der Waals surface area contributed by atoms with Crippen LogP contribution in [-0.4, -0.2) is 31.2 Å². The van der Waals surface area contributed by atoms with Gasteiger partial charge in [0.25, 0.3) is 0 Å². The molecule has 1 aromatic heterocycles. The van der Waals surface area contributed by atoms with Crippen molar-refractivity contribution in [1.29, 1.82) is 0 Å². The number of benzene rings is 2. The molecule has 4 rings (SSSR count). The fourth-order valence-corrected chi connectivity index (χ4v) is 3.86. The average molecular weight is 379 g/mol.